The van der Waals surface area contributed by atoms with Crippen molar-refractivity contribution in [2.75, 3.05) is 55.6 Å². The first-order chi connectivity index (χ1) is 29.2. The third-order valence-electron chi connectivity index (χ3n) is 9.53. The first kappa shape index (κ1) is 48.5. The Hall–Kier alpha value is -5.20. The molecular formula is C47H63N4O9P. The monoisotopic (exact) mass is 858 g/mol. The normalized spacial score (nSPS) is 11.9. The van der Waals surface area contributed by atoms with Gasteiger partial charge in [0.25, 0.3) is 0 Å². The number of amides is 3. The van der Waals surface area contributed by atoms with E-state index in [0.29, 0.717) is 36.1 Å². The number of nitrogens with one attached hydrogen (secondary N) is 2. The van der Waals surface area contributed by atoms with Gasteiger partial charge >= 0.3 is 25.9 Å². The van der Waals surface area contributed by atoms with Gasteiger partial charge in [-0.25, -0.2) is 14.2 Å². The molecule has 3 amide bonds. The lowest BCUT2D eigenvalue weighted by molar-refractivity contribution is -0.152. The van der Waals surface area contributed by atoms with Gasteiger partial charge in [-0.3, -0.25) is 18.4 Å². The van der Waals surface area contributed by atoms with Gasteiger partial charge in [0.2, 0.25) is 6.79 Å². The van der Waals surface area contributed by atoms with Crippen LogP contribution in [-0.2, 0) is 45.6 Å². The van der Waals surface area contributed by atoms with Gasteiger partial charge in [0.05, 0.1) is 37.6 Å². The topological polar surface area (TPSA) is 145 Å². The van der Waals surface area contributed by atoms with Gasteiger partial charge in [-0.15, -0.1) is 0 Å². The number of carbonyl (C=O) groups excluding carboxylic acids is 3. The van der Waals surface area contributed by atoms with Crippen molar-refractivity contribution in [2.24, 2.45) is 11.8 Å². The van der Waals surface area contributed by atoms with E-state index in [-0.39, 0.29) is 44.7 Å². The standard InChI is InChI=1S/C47H63N4O9P/c1-8-40(41-22-25-44(51(30-35(2)3)31-36(4)5)43(28-41)49-46(53)48-42-23-20-37(6)21-24-42)29-45(52)56-34-57-47(54)50(7)26-15-27-58-61(55,59-32-38-16-11-9-12-17-38)60-33-39-18-13-10-14-19-39/h9-14,16-25,28,35-36,40H,8,15,26-27,29-34H2,1-7H3,(H2,48,49,53)/t40-/m0/s1. The first-order valence-electron chi connectivity index (χ1n) is 20.9. The van der Waals surface area contributed by atoms with Crippen LogP contribution in [0, 0.1) is 18.8 Å². The number of ether oxygens (including phenoxy) is 2. The molecule has 330 valence electrons. The van der Waals surface area contributed by atoms with E-state index in [0.717, 1.165) is 41.0 Å². The lowest BCUT2D eigenvalue weighted by Gasteiger charge is -2.31. The van der Waals surface area contributed by atoms with E-state index in [1.807, 2.05) is 117 Å². The maximum absolute atomic E-state index is 13.5. The second kappa shape index (κ2) is 24.9. The Bertz CT molecular complexity index is 1940. The molecule has 0 radical (unpaired) electrons. The van der Waals surface area contributed by atoms with Crippen molar-refractivity contribution in [3.8, 4) is 0 Å². The lowest BCUT2D eigenvalue weighted by Crippen LogP contribution is -2.32. The number of urea groups is 1. The summed E-state index contributed by atoms with van der Waals surface area (Å²) >= 11 is 0. The van der Waals surface area contributed by atoms with Crippen molar-refractivity contribution >= 4 is 43.0 Å². The number of hydrogen-bond acceptors (Lipinski definition) is 10. The second-order valence-corrected chi connectivity index (χ2v) is 17.5. The van der Waals surface area contributed by atoms with Gasteiger partial charge in [0.15, 0.2) is 0 Å². The highest BCUT2D eigenvalue weighted by molar-refractivity contribution is 7.48. The molecule has 1 atom stereocenters. The largest absolute Gasteiger partial charge is 0.475 e. The summed E-state index contributed by atoms with van der Waals surface area (Å²) in [7, 11) is -2.42. The van der Waals surface area contributed by atoms with Crippen LogP contribution in [-0.4, -0.2) is 63.1 Å². The highest BCUT2D eigenvalue weighted by Gasteiger charge is 2.27. The summed E-state index contributed by atoms with van der Waals surface area (Å²) in [5.41, 5.74) is 5.78. The Balaban J connectivity index is 1.29. The summed E-state index contributed by atoms with van der Waals surface area (Å²) in [6, 6.07) is 31.7. The van der Waals surface area contributed by atoms with E-state index in [4.69, 9.17) is 23.0 Å². The summed E-state index contributed by atoms with van der Waals surface area (Å²) in [4.78, 5) is 42.7. The Labute approximate surface area is 361 Å². The molecule has 2 N–H and O–H groups in total. The zero-order valence-corrected chi connectivity index (χ0v) is 37.5. The number of benzene rings is 4. The van der Waals surface area contributed by atoms with Gasteiger partial charge in [0.1, 0.15) is 0 Å². The molecule has 0 fully saturated rings. The van der Waals surface area contributed by atoms with Crippen LogP contribution in [0.5, 0.6) is 0 Å². The highest BCUT2D eigenvalue weighted by Crippen LogP contribution is 2.51. The molecule has 4 aromatic rings. The summed E-state index contributed by atoms with van der Waals surface area (Å²) in [6.07, 6.45) is 0.256. The van der Waals surface area contributed by atoms with Crippen LogP contribution < -0.4 is 15.5 Å². The van der Waals surface area contributed by atoms with Gasteiger partial charge in [-0.05, 0) is 78.5 Å². The summed E-state index contributed by atoms with van der Waals surface area (Å²) in [5.74, 6) is 0.00734. The SMILES string of the molecule is CC[C@@H](CC(=O)OCOC(=O)N(C)CCCOP(=O)(OCc1ccccc1)OCc1ccccc1)c1ccc(N(CC(C)C)CC(C)C)c(NC(=O)Nc2ccc(C)cc2)c1. The fraction of sp³-hybridized carbons (Fsp3) is 0.426. The number of rotatable bonds is 24. The van der Waals surface area contributed by atoms with E-state index in [2.05, 4.69) is 43.2 Å². The minimum atomic E-state index is -3.96. The number of anilines is 3. The number of phosphoric acid groups is 1. The molecule has 0 aliphatic rings. The molecule has 0 aliphatic carbocycles. The molecule has 0 aromatic heterocycles. The molecule has 0 saturated carbocycles. The van der Waals surface area contributed by atoms with Crippen molar-refractivity contribution in [1.82, 2.24) is 4.90 Å². The van der Waals surface area contributed by atoms with Crippen LogP contribution in [0.4, 0.5) is 26.7 Å². The minimum Gasteiger partial charge on any atom is -0.428 e. The van der Waals surface area contributed by atoms with Crippen LogP contribution in [0.1, 0.15) is 82.1 Å². The maximum atomic E-state index is 13.5. The molecule has 0 unspecified atom stereocenters. The van der Waals surface area contributed by atoms with Gasteiger partial charge in [-0.2, -0.15) is 0 Å². The van der Waals surface area contributed by atoms with Crippen LogP contribution >= 0.6 is 7.82 Å². The smallest absolute Gasteiger partial charge is 0.428 e. The van der Waals surface area contributed by atoms with Crippen molar-refractivity contribution in [1.29, 1.82) is 0 Å². The third-order valence-corrected chi connectivity index (χ3v) is 10.9. The average molecular weight is 859 g/mol. The fourth-order valence-corrected chi connectivity index (χ4v) is 7.60. The Morgan fingerprint density at radius 1 is 0.738 bits per heavy atom. The molecule has 4 aromatic carbocycles. The van der Waals surface area contributed by atoms with E-state index in [1.165, 1.54) is 11.9 Å². The van der Waals surface area contributed by atoms with Crippen molar-refractivity contribution in [3.63, 3.8) is 0 Å². The molecule has 14 heteroatoms. The zero-order chi connectivity index (χ0) is 44.2. The minimum absolute atomic E-state index is 0.0189. The second-order valence-electron chi connectivity index (χ2n) is 15.8. The van der Waals surface area contributed by atoms with Gasteiger partial charge in [-0.1, -0.05) is 119 Å². The number of hydrogen-bond donors (Lipinski definition) is 2. The van der Waals surface area contributed by atoms with Crippen molar-refractivity contribution < 1.29 is 42.0 Å². The average Bonchev–Trinajstić information content (AvgIpc) is 3.24. The Morgan fingerprint density at radius 2 is 1.33 bits per heavy atom. The summed E-state index contributed by atoms with van der Waals surface area (Å²) in [5, 5.41) is 6.00. The molecule has 0 saturated heterocycles. The summed E-state index contributed by atoms with van der Waals surface area (Å²) in [6.45, 7) is 13.9. The highest BCUT2D eigenvalue weighted by atomic mass is 31.2. The number of nitrogens with zero attached hydrogens (tertiary/aromatic N) is 2. The van der Waals surface area contributed by atoms with Gasteiger partial charge in [0, 0.05) is 32.4 Å². The lowest BCUT2D eigenvalue weighted by atomic mass is 9.92. The van der Waals surface area contributed by atoms with Crippen LogP contribution in [0.25, 0.3) is 0 Å². The predicted octanol–water partition coefficient (Wildman–Crippen LogP) is 11.2. The van der Waals surface area contributed by atoms with E-state index in [1.54, 1.807) is 0 Å². The number of carbonyl (C=O) groups is 3. The Kier molecular flexibility index (Phi) is 19.8. The predicted molar refractivity (Wildman–Crippen MR) is 241 cm³/mol. The van der Waals surface area contributed by atoms with E-state index >= 15 is 0 Å². The molecule has 0 aliphatic heterocycles. The third kappa shape index (κ3) is 17.4. The van der Waals surface area contributed by atoms with Crippen LogP contribution in [0.3, 0.4) is 0 Å². The number of phosphoric ester groups is 1. The molecule has 61 heavy (non-hydrogen) atoms. The Morgan fingerprint density at radius 3 is 1.89 bits per heavy atom. The van der Waals surface area contributed by atoms with Crippen molar-refractivity contribution in [3.05, 3.63) is 125 Å². The van der Waals surface area contributed by atoms with Crippen LogP contribution in [0.15, 0.2) is 103 Å². The molecule has 0 spiro atoms. The van der Waals surface area contributed by atoms with Crippen LogP contribution in [0.2, 0.25) is 0 Å². The molecule has 0 bridgehead atoms. The maximum Gasteiger partial charge on any atom is 0.475 e. The zero-order valence-electron chi connectivity index (χ0n) is 36.6. The van der Waals surface area contributed by atoms with Crippen molar-refractivity contribution in [2.45, 2.75) is 79.9 Å². The molecular weight excluding hydrogens is 796 g/mol. The quantitative estimate of drug-likeness (QED) is 0.0302. The number of aryl methyl sites for hydroxylation is 1. The molecule has 4 rings (SSSR count). The van der Waals surface area contributed by atoms with E-state index in [9.17, 15) is 18.9 Å². The summed E-state index contributed by atoms with van der Waals surface area (Å²) < 4.78 is 41.0. The first-order valence-corrected chi connectivity index (χ1v) is 22.4. The van der Waals surface area contributed by atoms with Gasteiger partial charge < -0.3 is 29.9 Å². The van der Waals surface area contributed by atoms with E-state index < -0.39 is 26.7 Å². The number of esters is 1. The molecule has 13 nitrogen and oxygen atoms in total. The fourth-order valence-electron chi connectivity index (χ4n) is 6.41. The molecule has 0 heterocycles.